The van der Waals surface area contributed by atoms with Crippen LogP contribution in [0.15, 0.2) is 41.3 Å². The standard InChI is InChI=1S/C15H12Cl2N2O4S/c1-23-10-3-5-12(13(7-10)19(21)22)18-15(20)8-24-14-6-9(16)2-4-11(14)17/h2-7H,8H2,1H3,(H,18,20). The van der Waals surface area contributed by atoms with E-state index in [0.29, 0.717) is 20.7 Å². The largest absolute Gasteiger partial charge is 0.496 e. The number of benzene rings is 2. The zero-order chi connectivity index (χ0) is 17.7. The number of thioether (sulfide) groups is 1. The van der Waals surface area contributed by atoms with E-state index in [0.717, 1.165) is 0 Å². The van der Waals surface area contributed by atoms with E-state index in [4.69, 9.17) is 27.9 Å². The molecule has 2 aromatic rings. The average Bonchev–Trinajstić information content (AvgIpc) is 2.55. The molecule has 0 radical (unpaired) electrons. The molecule has 6 nitrogen and oxygen atoms in total. The number of methoxy groups -OCH3 is 1. The highest BCUT2D eigenvalue weighted by atomic mass is 35.5. The van der Waals surface area contributed by atoms with Gasteiger partial charge < -0.3 is 10.1 Å². The summed E-state index contributed by atoms with van der Waals surface area (Å²) in [6, 6.07) is 9.14. The van der Waals surface area contributed by atoms with Crippen molar-refractivity contribution in [2.24, 2.45) is 0 Å². The highest BCUT2D eigenvalue weighted by Crippen LogP contribution is 2.31. The first-order valence-corrected chi connectivity index (χ1v) is 8.35. The SMILES string of the molecule is COc1ccc(NC(=O)CSc2cc(Cl)ccc2Cl)c([N+](=O)[O-])c1. The highest BCUT2D eigenvalue weighted by Gasteiger charge is 2.17. The zero-order valence-electron chi connectivity index (χ0n) is 12.4. The number of carbonyl (C=O) groups is 1. The fraction of sp³-hybridized carbons (Fsp3) is 0.133. The lowest BCUT2D eigenvalue weighted by molar-refractivity contribution is -0.384. The number of nitrogens with one attached hydrogen (secondary N) is 1. The number of nitro groups is 1. The first kappa shape index (κ1) is 18.4. The lowest BCUT2D eigenvalue weighted by Gasteiger charge is -2.08. The summed E-state index contributed by atoms with van der Waals surface area (Å²) >= 11 is 13.1. The number of rotatable bonds is 6. The minimum Gasteiger partial charge on any atom is -0.496 e. The Morgan fingerprint density at radius 3 is 2.71 bits per heavy atom. The van der Waals surface area contributed by atoms with Gasteiger partial charge >= 0.3 is 0 Å². The quantitative estimate of drug-likeness (QED) is 0.444. The van der Waals surface area contributed by atoms with Crippen LogP contribution in [0.5, 0.6) is 5.75 Å². The molecule has 0 saturated heterocycles. The summed E-state index contributed by atoms with van der Waals surface area (Å²) in [5.74, 6) is -0.0347. The Labute approximate surface area is 152 Å². The molecule has 0 bridgehead atoms. The van der Waals surface area contributed by atoms with Gasteiger partial charge in [-0.25, -0.2) is 0 Å². The summed E-state index contributed by atoms with van der Waals surface area (Å²) in [5, 5.41) is 14.6. The number of hydrogen-bond acceptors (Lipinski definition) is 5. The molecule has 0 saturated carbocycles. The summed E-state index contributed by atoms with van der Waals surface area (Å²) in [5.41, 5.74) is -0.142. The molecule has 0 heterocycles. The third-order valence-corrected chi connectivity index (χ3v) is 4.66. The molecule has 1 amide bonds. The van der Waals surface area contributed by atoms with Crippen LogP contribution in [-0.2, 0) is 4.79 Å². The van der Waals surface area contributed by atoms with E-state index in [9.17, 15) is 14.9 Å². The van der Waals surface area contributed by atoms with E-state index in [2.05, 4.69) is 5.32 Å². The van der Waals surface area contributed by atoms with Crippen molar-refractivity contribution < 1.29 is 14.5 Å². The van der Waals surface area contributed by atoms with Crippen molar-refractivity contribution in [2.45, 2.75) is 4.90 Å². The molecule has 0 atom stereocenters. The smallest absolute Gasteiger partial charge is 0.296 e. The summed E-state index contributed by atoms with van der Waals surface area (Å²) in [6.07, 6.45) is 0. The third-order valence-electron chi connectivity index (χ3n) is 2.93. The van der Waals surface area contributed by atoms with Crippen LogP contribution >= 0.6 is 35.0 Å². The number of carbonyl (C=O) groups excluding carboxylic acids is 1. The molecule has 0 unspecified atom stereocenters. The molecule has 24 heavy (non-hydrogen) atoms. The molecule has 2 rings (SSSR count). The van der Waals surface area contributed by atoms with Crippen LogP contribution in [0.2, 0.25) is 10.0 Å². The second-order valence-electron chi connectivity index (χ2n) is 4.55. The zero-order valence-corrected chi connectivity index (χ0v) is 14.7. The van der Waals surface area contributed by atoms with Gasteiger partial charge in [0, 0.05) is 9.92 Å². The fourth-order valence-corrected chi connectivity index (χ4v) is 3.11. The molecule has 0 aliphatic rings. The van der Waals surface area contributed by atoms with Crippen molar-refractivity contribution in [2.75, 3.05) is 18.2 Å². The topological polar surface area (TPSA) is 81.5 Å². The second kappa shape index (κ2) is 8.23. The number of halogens is 2. The van der Waals surface area contributed by atoms with Gasteiger partial charge in [0.2, 0.25) is 5.91 Å². The number of nitro benzene ring substituents is 1. The van der Waals surface area contributed by atoms with E-state index < -0.39 is 10.8 Å². The van der Waals surface area contributed by atoms with Gasteiger partial charge in [0.05, 0.1) is 28.9 Å². The predicted molar refractivity (Wildman–Crippen MR) is 95.5 cm³/mol. The Morgan fingerprint density at radius 1 is 1.29 bits per heavy atom. The van der Waals surface area contributed by atoms with Gasteiger partial charge in [0.1, 0.15) is 11.4 Å². The van der Waals surface area contributed by atoms with Gasteiger partial charge in [-0.1, -0.05) is 23.2 Å². The van der Waals surface area contributed by atoms with E-state index in [1.54, 1.807) is 18.2 Å². The predicted octanol–water partition coefficient (Wildman–Crippen LogP) is 4.64. The summed E-state index contributed by atoms with van der Waals surface area (Å²) in [7, 11) is 1.41. The maximum absolute atomic E-state index is 12.0. The molecule has 126 valence electrons. The maximum Gasteiger partial charge on any atom is 0.296 e. The van der Waals surface area contributed by atoms with Crippen LogP contribution in [-0.4, -0.2) is 23.7 Å². The number of hydrogen-bond donors (Lipinski definition) is 1. The van der Waals surface area contributed by atoms with Crippen LogP contribution in [0, 0.1) is 10.1 Å². The molecule has 0 fully saturated rings. The summed E-state index contributed by atoms with van der Waals surface area (Å²) in [6.45, 7) is 0. The van der Waals surface area contributed by atoms with E-state index in [1.165, 1.54) is 37.1 Å². The normalized spacial score (nSPS) is 10.3. The average molecular weight is 387 g/mol. The minimum atomic E-state index is -0.584. The van der Waals surface area contributed by atoms with E-state index in [-0.39, 0.29) is 17.1 Å². The van der Waals surface area contributed by atoms with Gasteiger partial charge in [-0.15, -0.1) is 11.8 Å². The van der Waals surface area contributed by atoms with Gasteiger partial charge in [-0.3, -0.25) is 14.9 Å². The van der Waals surface area contributed by atoms with Gasteiger partial charge in [-0.2, -0.15) is 0 Å². The summed E-state index contributed by atoms with van der Waals surface area (Å²) in [4.78, 5) is 23.2. The molecule has 2 aromatic carbocycles. The molecule has 0 aromatic heterocycles. The van der Waals surface area contributed by atoms with Crippen LogP contribution in [0.4, 0.5) is 11.4 Å². The van der Waals surface area contributed by atoms with Crippen molar-refractivity contribution in [1.29, 1.82) is 0 Å². The fourth-order valence-electron chi connectivity index (χ4n) is 1.81. The summed E-state index contributed by atoms with van der Waals surface area (Å²) < 4.78 is 4.95. The third kappa shape index (κ3) is 4.77. The monoisotopic (exact) mass is 386 g/mol. The Hall–Kier alpha value is -1.96. The number of nitrogens with zero attached hydrogens (tertiary/aromatic N) is 1. The molecule has 9 heteroatoms. The number of anilines is 1. The molecular weight excluding hydrogens is 375 g/mol. The van der Waals surface area contributed by atoms with E-state index in [1.807, 2.05) is 0 Å². The molecular formula is C15H12Cl2N2O4S. The van der Waals surface area contributed by atoms with Crippen LogP contribution in [0.1, 0.15) is 0 Å². The van der Waals surface area contributed by atoms with E-state index >= 15 is 0 Å². The Balaban J connectivity index is 2.07. The van der Waals surface area contributed by atoms with Crippen molar-refractivity contribution >= 4 is 52.2 Å². The first-order valence-electron chi connectivity index (χ1n) is 6.61. The van der Waals surface area contributed by atoms with Crippen molar-refractivity contribution in [3.05, 3.63) is 56.6 Å². The van der Waals surface area contributed by atoms with Crippen LogP contribution in [0.25, 0.3) is 0 Å². The molecule has 1 N–H and O–H groups in total. The van der Waals surface area contributed by atoms with Gasteiger partial charge in [-0.05, 0) is 30.3 Å². The molecule has 0 aliphatic carbocycles. The van der Waals surface area contributed by atoms with Crippen LogP contribution < -0.4 is 10.1 Å². The Morgan fingerprint density at radius 2 is 2.04 bits per heavy atom. The lowest BCUT2D eigenvalue weighted by atomic mass is 10.2. The Kier molecular flexibility index (Phi) is 6.30. The van der Waals surface area contributed by atoms with Gasteiger partial charge in [0.15, 0.2) is 0 Å². The number of amides is 1. The van der Waals surface area contributed by atoms with Gasteiger partial charge in [0.25, 0.3) is 5.69 Å². The van der Waals surface area contributed by atoms with Crippen molar-refractivity contribution in [3.8, 4) is 5.75 Å². The number of ether oxygens (including phenoxy) is 1. The lowest BCUT2D eigenvalue weighted by Crippen LogP contribution is -2.15. The maximum atomic E-state index is 12.0. The van der Waals surface area contributed by atoms with Crippen molar-refractivity contribution in [3.63, 3.8) is 0 Å². The van der Waals surface area contributed by atoms with Crippen LogP contribution in [0.3, 0.4) is 0 Å². The second-order valence-corrected chi connectivity index (χ2v) is 6.41. The Bertz CT molecular complexity index is 786. The first-order chi connectivity index (χ1) is 11.4. The molecule has 0 spiro atoms. The highest BCUT2D eigenvalue weighted by molar-refractivity contribution is 8.00. The molecule has 0 aliphatic heterocycles. The minimum absolute atomic E-state index is 0.0310. The van der Waals surface area contributed by atoms with Crippen molar-refractivity contribution in [1.82, 2.24) is 0 Å².